The third-order valence-electron chi connectivity index (χ3n) is 13.8. The Balaban J connectivity index is 1.22. The van der Waals surface area contributed by atoms with Crippen molar-refractivity contribution in [3.05, 3.63) is 263 Å². The fourth-order valence-electron chi connectivity index (χ4n) is 8.89. The number of aliphatic hydroxyl groups excluding tert-OH is 4. The molecule has 0 aliphatic rings. The lowest BCUT2D eigenvalue weighted by atomic mass is 9.77. The second-order valence-electron chi connectivity index (χ2n) is 18.4. The molecule has 69 heavy (non-hydrogen) atoms. The van der Waals surface area contributed by atoms with Crippen LogP contribution < -0.4 is 18.9 Å². The standard InChI is InChI=1S/C61H60O8/c1-57(41-62,45-17-9-5-10-18-45)49-25-33-53(34-26-49)66-61(67-54-35-27-50(28-36-54)58(2,42-63)46-19-11-6-12-20-46,68-55-37-29-51(30-38-55)59(3,43-64)47-21-13-7-14-22-47)69-56-39-31-52(32-40-56)60(4,44-65)48-23-15-8-16-24-48/h5-40,62-65H,41-44H2,1-4H3. The summed E-state index contributed by atoms with van der Waals surface area (Å²) >= 11 is 0. The van der Waals surface area contributed by atoms with Crippen LogP contribution in [0, 0.1) is 0 Å². The molecule has 0 saturated heterocycles. The van der Waals surface area contributed by atoms with E-state index in [4.69, 9.17) is 18.9 Å². The Hall–Kier alpha value is -7.20. The molecule has 8 rings (SSSR count). The summed E-state index contributed by atoms with van der Waals surface area (Å²) in [4.78, 5) is 0. The summed E-state index contributed by atoms with van der Waals surface area (Å²) in [5.74, 6) is 1.34. The molecule has 8 nitrogen and oxygen atoms in total. The highest BCUT2D eigenvalue weighted by molar-refractivity contribution is 5.46. The first-order chi connectivity index (χ1) is 33.4. The van der Waals surface area contributed by atoms with E-state index in [2.05, 4.69) is 0 Å². The minimum atomic E-state index is -2.33. The van der Waals surface area contributed by atoms with Gasteiger partial charge in [-0.25, -0.2) is 0 Å². The van der Waals surface area contributed by atoms with Crippen molar-refractivity contribution in [1.29, 1.82) is 0 Å². The Morgan fingerprint density at radius 2 is 0.406 bits per heavy atom. The van der Waals surface area contributed by atoms with Crippen LogP contribution in [0.4, 0.5) is 0 Å². The molecule has 0 aliphatic carbocycles. The largest absolute Gasteiger partial charge is 0.611 e. The van der Waals surface area contributed by atoms with Crippen molar-refractivity contribution in [2.24, 2.45) is 0 Å². The van der Waals surface area contributed by atoms with Crippen LogP contribution in [0.2, 0.25) is 0 Å². The van der Waals surface area contributed by atoms with E-state index in [0.29, 0.717) is 23.0 Å². The van der Waals surface area contributed by atoms with Gasteiger partial charge in [0.25, 0.3) is 0 Å². The maximum Gasteiger partial charge on any atom is 0.611 e. The molecule has 4 N–H and O–H groups in total. The summed E-state index contributed by atoms with van der Waals surface area (Å²) in [6.45, 7) is 7.46. The number of aliphatic hydroxyl groups is 4. The zero-order valence-electron chi connectivity index (χ0n) is 39.5. The highest BCUT2D eigenvalue weighted by atomic mass is 17.0. The fourth-order valence-corrected chi connectivity index (χ4v) is 8.89. The molecule has 352 valence electrons. The normalized spacial score (nSPS) is 15.8. The Kier molecular flexibility index (Phi) is 14.4. The molecule has 0 fully saturated rings. The van der Waals surface area contributed by atoms with Crippen LogP contribution >= 0.6 is 0 Å². The van der Waals surface area contributed by atoms with Crippen molar-refractivity contribution in [1.82, 2.24) is 0 Å². The van der Waals surface area contributed by atoms with Crippen molar-refractivity contribution >= 4 is 0 Å². The molecule has 0 saturated carbocycles. The smallest absolute Gasteiger partial charge is 0.395 e. The first-order valence-electron chi connectivity index (χ1n) is 23.2. The van der Waals surface area contributed by atoms with Crippen molar-refractivity contribution in [2.75, 3.05) is 26.4 Å². The Morgan fingerprint density at radius 1 is 0.246 bits per heavy atom. The second-order valence-corrected chi connectivity index (χ2v) is 18.4. The number of rotatable bonds is 20. The zero-order valence-corrected chi connectivity index (χ0v) is 39.5. The molecule has 0 heterocycles. The molecule has 0 radical (unpaired) electrons. The van der Waals surface area contributed by atoms with E-state index in [0.717, 1.165) is 44.5 Å². The number of benzene rings is 8. The fraction of sp³-hybridized carbons (Fsp3) is 0.213. The highest BCUT2D eigenvalue weighted by Gasteiger charge is 2.45. The van der Waals surface area contributed by atoms with E-state index in [1.807, 2.05) is 198 Å². The lowest BCUT2D eigenvalue weighted by Gasteiger charge is -2.34. The lowest BCUT2D eigenvalue weighted by molar-refractivity contribution is -0.367. The molecular weight excluding hydrogens is 861 g/mol. The molecular formula is C61H60O8. The van der Waals surface area contributed by atoms with Crippen LogP contribution in [0.3, 0.4) is 0 Å². The van der Waals surface area contributed by atoms with Gasteiger partial charge in [-0.05, 0) is 121 Å². The van der Waals surface area contributed by atoms with Gasteiger partial charge in [-0.1, -0.05) is 170 Å². The van der Waals surface area contributed by atoms with Crippen LogP contribution in [-0.4, -0.2) is 53.0 Å². The Labute approximate surface area is 405 Å². The van der Waals surface area contributed by atoms with Crippen molar-refractivity contribution in [2.45, 2.75) is 55.5 Å². The van der Waals surface area contributed by atoms with E-state index >= 15 is 0 Å². The number of ether oxygens (including phenoxy) is 4. The molecule has 4 unspecified atom stereocenters. The van der Waals surface area contributed by atoms with Gasteiger partial charge in [0, 0.05) is 21.7 Å². The van der Waals surface area contributed by atoms with Gasteiger partial charge in [-0.15, -0.1) is 0 Å². The molecule has 0 aliphatic heterocycles. The SMILES string of the molecule is CC(CO)(c1ccccc1)c1ccc(OC(Oc2ccc(C(C)(CO)c3ccccc3)cc2)(Oc2ccc(C(C)(CO)c3ccccc3)cc2)Oc2ccc(C(C)(CO)c3ccccc3)cc2)cc1. The Bertz CT molecular complexity index is 2440. The third-order valence-corrected chi connectivity index (χ3v) is 13.8. The topological polar surface area (TPSA) is 118 Å². The Morgan fingerprint density at radius 3 is 0.565 bits per heavy atom. The average molecular weight is 921 g/mol. The van der Waals surface area contributed by atoms with E-state index in [-0.39, 0.29) is 26.4 Å². The molecule has 8 aromatic rings. The van der Waals surface area contributed by atoms with Crippen molar-refractivity contribution in [3.8, 4) is 23.0 Å². The third kappa shape index (κ3) is 10.0. The van der Waals surface area contributed by atoms with Gasteiger partial charge in [0.15, 0.2) is 0 Å². The zero-order chi connectivity index (χ0) is 48.5. The summed E-state index contributed by atoms with van der Waals surface area (Å²) in [6.07, 6.45) is -2.33. The lowest BCUT2D eigenvalue weighted by Crippen LogP contribution is -2.53. The van der Waals surface area contributed by atoms with Gasteiger partial charge in [0.05, 0.1) is 26.4 Å². The summed E-state index contributed by atoms with van der Waals surface area (Å²) in [6, 6.07) is 69.0. The average Bonchev–Trinajstić information content (AvgIpc) is 3.41. The molecule has 8 heteroatoms. The van der Waals surface area contributed by atoms with Gasteiger partial charge in [0.1, 0.15) is 23.0 Å². The van der Waals surface area contributed by atoms with Gasteiger partial charge < -0.3 is 39.4 Å². The van der Waals surface area contributed by atoms with E-state index in [1.165, 1.54) is 0 Å². The predicted molar refractivity (Wildman–Crippen MR) is 271 cm³/mol. The quantitative estimate of drug-likeness (QED) is 0.0559. The van der Waals surface area contributed by atoms with E-state index < -0.39 is 27.8 Å². The van der Waals surface area contributed by atoms with Gasteiger partial charge in [-0.2, -0.15) is 0 Å². The minimum Gasteiger partial charge on any atom is -0.395 e. The van der Waals surface area contributed by atoms with Crippen LogP contribution in [0.5, 0.6) is 23.0 Å². The van der Waals surface area contributed by atoms with Crippen LogP contribution in [0.25, 0.3) is 0 Å². The molecule has 0 amide bonds. The molecule has 4 atom stereocenters. The summed E-state index contributed by atoms with van der Waals surface area (Å²) < 4.78 is 27.3. The molecule has 0 spiro atoms. The minimum absolute atomic E-state index is 0.128. The van der Waals surface area contributed by atoms with Crippen LogP contribution in [-0.2, 0) is 21.7 Å². The second kappa shape index (κ2) is 20.6. The van der Waals surface area contributed by atoms with Gasteiger partial charge in [-0.3, -0.25) is 0 Å². The van der Waals surface area contributed by atoms with Crippen LogP contribution in [0.1, 0.15) is 72.2 Å². The summed E-state index contributed by atoms with van der Waals surface area (Å²) in [5.41, 5.74) is 4.44. The number of hydrogen-bond donors (Lipinski definition) is 4. The maximum atomic E-state index is 10.8. The maximum absolute atomic E-state index is 10.8. The van der Waals surface area contributed by atoms with Crippen LogP contribution in [0.15, 0.2) is 218 Å². The molecule has 0 aromatic heterocycles. The molecule has 0 bridgehead atoms. The van der Waals surface area contributed by atoms with Crippen molar-refractivity contribution < 1.29 is 39.4 Å². The van der Waals surface area contributed by atoms with E-state index in [1.54, 1.807) is 48.5 Å². The monoisotopic (exact) mass is 920 g/mol. The summed E-state index contributed by atoms with van der Waals surface area (Å²) in [5, 5.41) is 43.0. The number of hydrogen-bond acceptors (Lipinski definition) is 8. The first kappa shape index (κ1) is 48.3. The predicted octanol–water partition coefficient (Wildman–Crippen LogP) is 11.1. The first-order valence-corrected chi connectivity index (χ1v) is 23.2. The van der Waals surface area contributed by atoms with Gasteiger partial charge >= 0.3 is 6.16 Å². The molecule has 8 aromatic carbocycles. The van der Waals surface area contributed by atoms with E-state index in [9.17, 15) is 20.4 Å². The highest BCUT2D eigenvalue weighted by Crippen LogP contribution is 2.39. The summed E-state index contributed by atoms with van der Waals surface area (Å²) in [7, 11) is 0. The van der Waals surface area contributed by atoms with Crippen molar-refractivity contribution in [3.63, 3.8) is 0 Å². The van der Waals surface area contributed by atoms with Gasteiger partial charge in [0.2, 0.25) is 0 Å².